The molecule has 0 aromatic rings. The van der Waals surface area contributed by atoms with Gasteiger partial charge in [0.25, 0.3) is 0 Å². The minimum Gasteiger partial charge on any atom is -0.412 e. The van der Waals surface area contributed by atoms with E-state index in [4.69, 9.17) is 4.55 Å². The summed E-state index contributed by atoms with van der Waals surface area (Å²) in [5.41, 5.74) is 0. The standard InChI is InChI=1S/C11H14F5NO7S/c1-4-7(18)24-10(11(14,15)16,8(19)17-6(2)3)23-5-9(12,13)25(20,21)22/h4,6H,1,5H2,2-3H3,(H,17,19)(H,20,21,22). The van der Waals surface area contributed by atoms with Crippen LogP contribution >= 0.6 is 0 Å². The third kappa shape index (κ3) is 5.61. The molecular weight excluding hydrogens is 385 g/mol. The van der Waals surface area contributed by atoms with Gasteiger partial charge in [0.05, 0.1) is 0 Å². The molecule has 0 heterocycles. The fourth-order valence-electron chi connectivity index (χ4n) is 1.21. The first kappa shape index (κ1) is 23.2. The number of esters is 1. The molecule has 0 saturated carbocycles. The molecule has 0 rings (SSSR count). The van der Waals surface area contributed by atoms with Gasteiger partial charge in [0.1, 0.15) is 6.61 Å². The van der Waals surface area contributed by atoms with Gasteiger partial charge in [-0.1, -0.05) is 6.58 Å². The topological polar surface area (TPSA) is 119 Å². The van der Waals surface area contributed by atoms with E-state index in [2.05, 4.69) is 16.1 Å². The lowest BCUT2D eigenvalue weighted by Gasteiger charge is -2.34. The summed E-state index contributed by atoms with van der Waals surface area (Å²) < 4.78 is 103. The molecule has 146 valence electrons. The Bertz CT molecular complexity index is 631. The predicted molar refractivity (Wildman–Crippen MR) is 70.8 cm³/mol. The second kappa shape index (κ2) is 7.61. The van der Waals surface area contributed by atoms with Crippen molar-refractivity contribution in [2.75, 3.05) is 6.61 Å². The zero-order valence-corrected chi connectivity index (χ0v) is 13.6. The molecule has 1 unspecified atom stereocenters. The minimum absolute atomic E-state index is 0.188. The number of amides is 1. The molecule has 0 fully saturated rings. The van der Waals surface area contributed by atoms with Crippen LogP contribution < -0.4 is 5.32 Å². The number of nitrogens with one attached hydrogen (secondary N) is 1. The van der Waals surface area contributed by atoms with Gasteiger partial charge in [-0.25, -0.2) is 4.79 Å². The molecule has 14 heteroatoms. The first-order chi connectivity index (χ1) is 11.0. The Balaban J connectivity index is 6.05. The van der Waals surface area contributed by atoms with Crippen molar-refractivity contribution < 1.29 is 54.0 Å². The first-order valence-electron chi connectivity index (χ1n) is 6.22. The molecule has 0 saturated heterocycles. The maximum absolute atomic E-state index is 13.3. The van der Waals surface area contributed by atoms with Gasteiger partial charge in [-0.2, -0.15) is 30.4 Å². The summed E-state index contributed by atoms with van der Waals surface area (Å²) in [4.78, 5) is 22.9. The second-order valence-electron chi connectivity index (χ2n) is 4.77. The van der Waals surface area contributed by atoms with Gasteiger partial charge in [-0.15, -0.1) is 0 Å². The van der Waals surface area contributed by atoms with E-state index in [0.717, 1.165) is 0 Å². The Hall–Kier alpha value is -1.80. The highest BCUT2D eigenvalue weighted by Crippen LogP contribution is 2.37. The van der Waals surface area contributed by atoms with E-state index in [1.807, 2.05) is 0 Å². The predicted octanol–water partition coefficient (Wildman–Crippen LogP) is 0.996. The highest BCUT2D eigenvalue weighted by molar-refractivity contribution is 7.86. The highest BCUT2D eigenvalue weighted by atomic mass is 32.2. The average Bonchev–Trinajstić information content (AvgIpc) is 2.39. The van der Waals surface area contributed by atoms with Crippen molar-refractivity contribution in [2.45, 2.75) is 37.1 Å². The average molecular weight is 399 g/mol. The van der Waals surface area contributed by atoms with Crippen LogP contribution in [0, 0.1) is 0 Å². The first-order valence-corrected chi connectivity index (χ1v) is 7.66. The summed E-state index contributed by atoms with van der Waals surface area (Å²) in [6.45, 7) is 2.54. The maximum atomic E-state index is 13.3. The summed E-state index contributed by atoms with van der Waals surface area (Å²) in [7, 11) is -6.17. The van der Waals surface area contributed by atoms with E-state index in [1.54, 1.807) is 5.32 Å². The molecule has 2 N–H and O–H groups in total. The molecule has 0 spiro atoms. The Kier molecular flexibility index (Phi) is 7.07. The van der Waals surface area contributed by atoms with Gasteiger partial charge in [0.2, 0.25) is 0 Å². The van der Waals surface area contributed by atoms with E-state index in [-0.39, 0.29) is 6.08 Å². The van der Waals surface area contributed by atoms with Crippen LogP contribution in [-0.4, -0.2) is 54.7 Å². The Morgan fingerprint density at radius 1 is 1.24 bits per heavy atom. The largest absolute Gasteiger partial charge is 0.466 e. The Morgan fingerprint density at radius 3 is 2.04 bits per heavy atom. The van der Waals surface area contributed by atoms with Crippen molar-refractivity contribution in [1.82, 2.24) is 5.32 Å². The molecule has 0 aromatic carbocycles. The lowest BCUT2D eigenvalue weighted by atomic mass is 10.2. The third-order valence-corrected chi connectivity index (χ3v) is 3.20. The fraction of sp³-hybridized carbons (Fsp3) is 0.636. The van der Waals surface area contributed by atoms with E-state index >= 15 is 0 Å². The lowest BCUT2D eigenvalue weighted by molar-refractivity contribution is -0.352. The monoisotopic (exact) mass is 399 g/mol. The van der Waals surface area contributed by atoms with Crippen molar-refractivity contribution >= 4 is 22.0 Å². The molecular formula is C11H14F5NO7S. The molecule has 1 amide bonds. The summed E-state index contributed by atoms with van der Waals surface area (Å²) in [6.07, 6.45) is -5.70. The van der Waals surface area contributed by atoms with E-state index in [1.165, 1.54) is 13.8 Å². The number of hydrogen-bond donors (Lipinski definition) is 2. The van der Waals surface area contributed by atoms with Crippen LogP contribution in [0.4, 0.5) is 22.0 Å². The van der Waals surface area contributed by atoms with Gasteiger partial charge in [0.15, 0.2) is 0 Å². The normalized spacial score (nSPS) is 15.4. The van der Waals surface area contributed by atoms with Crippen LogP contribution in [0.3, 0.4) is 0 Å². The van der Waals surface area contributed by atoms with Crippen LogP contribution in [0.5, 0.6) is 0 Å². The number of halogens is 5. The van der Waals surface area contributed by atoms with Gasteiger partial charge in [0, 0.05) is 12.1 Å². The number of rotatable bonds is 8. The number of alkyl halides is 5. The van der Waals surface area contributed by atoms with Crippen molar-refractivity contribution in [1.29, 1.82) is 0 Å². The lowest BCUT2D eigenvalue weighted by Crippen LogP contribution is -2.63. The molecule has 0 aliphatic carbocycles. The highest BCUT2D eigenvalue weighted by Gasteiger charge is 2.67. The van der Waals surface area contributed by atoms with E-state index in [0.29, 0.717) is 0 Å². The maximum Gasteiger partial charge on any atom is 0.466 e. The van der Waals surface area contributed by atoms with Crippen molar-refractivity contribution in [2.24, 2.45) is 0 Å². The minimum atomic E-state index is -6.17. The SMILES string of the molecule is C=CC(=O)OC(OCC(F)(F)S(=O)(=O)O)(C(=O)NC(C)C)C(F)(F)F. The summed E-state index contributed by atoms with van der Waals surface area (Å²) in [5, 5.41) is -3.58. The Morgan fingerprint density at radius 2 is 1.72 bits per heavy atom. The van der Waals surface area contributed by atoms with Crippen molar-refractivity contribution in [3.05, 3.63) is 12.7 Å². The molecule has 25 heavy (non-hydrogen) atoms. The summed E-state index contributed by atoms with van der Waals surface area (Å²) in [6, 6.07) is -0.970. The van der Waals surface area contributed by atoms with Gasteiger partial charge in [-0.05, 0) is 13.8 Å². The van der Waals surface area contributed by atoms with Crippen LogP contribution in [0.1, 0.15) is 13.8 Å². The third-order valence-electron chi connectivity index (χ3n) is 2.32. The molecule has 0 aliphatic heterocycles. The van der Waals surface area contributed by atoms with Crippen LogP contribution in [0.2, 0.25) is 0 Å². The molecule has 0 bridgehead atoms. The zero-order chi connectivity index (χ0) is 20.3. The van der Waals surface area contributed by atoms with E-state index < -0.39 is 51.9 Å². The number of carbonyl (C=O) groups is 2. The van der Waals surface area contributed by atoms with Crippen LogP contribution in [0.25, 0.3) is 0 Å². The van der Waals surface area contributed by atoms with Gasteiger partial charge >= 0.3 is 39.2 Å². The van der Waals surface area contributed by atoms with Crippen LogP contribution in [0.15, 0.2) is 12.7 Å². The number of ether oxygens (including phenoxy) is 2. The molecule has 0 aromatic heterocycles. The Labute approximate surface area is 138 Å². The quantitative estimate of drug-likeness (QED) is 0.205. The number of carbonyl (C=O) groups excluding carboxylic acids is 2. The van der Waals surface area contributed by atoms with E-state index in [9.17, 15) is 40.0 Å². The van der Waals surface area contributed by atoms with Crippen molar-refractivity contribution in [3.63, 3.8) is 0 Å². The molecule has 0 radical (unpaired) electrons. The second-order valence-corrected chi connectivity index (χ2v) is 6.32. The fourth-order valence-corrected chi connectivity index (χ4v) is 1.42. The smallest absolute Gasteiger partial charge is 0.412 e. The van der Waals surface area contributed by atoms with Crippen molar-refractivity contribution in [3.8, 4) is 0 Å². The summed E-state index contributed by atoms with van der Waals surface area (Å²) in [5.74, 6) is -8.67. The van der Waals surface area contributed by atoms with Gasteiger partial charge in [-0.3, -0.25) is 9.35 Å². The number of hydrogen-bond acceptors (Lipinski definition) is 6. The zero-order valence-electron chi connectivity index (χ0n) is 12.8. The molecule has 1 atom stereocenters. The molecule has 0 aliphatic rings. The van der Waals surface area contributed by atoms with Gasteiger partial charge < -0.3 is 14.8 Å². The molecule has 8 nitrogen and oxygen atoms in total. The summed E-state index contributed by atoms with van der Waals surface area (Å²) >= 11 is 0. The van der Waals surface area contributed by atoms with Crippen LogP contribution in [-0.2, 0) is 29.2 Å².